The first-order valence-corrected chi connectivity index (χ1v) is 19.1. The van der Waals surface area contributed by atoms with Crippen LogP contribution >= 0.6 is 0 Å². The molecule has 8 aromatic carbocycles. The molecule has 10 aromatic rings. The van der Waals surface area contributed by atoms with Crippen LogP contribution < -0.4 is 0 Å². The van der Waals surface area contributed by atoms with Gasteiger partial charge in [-0.2, -0.15) is 0 Å². The van der Waals surface area contributed by atoms with Gasteiger partial charge in [0.2, 0.25) is 0 Å². The largest absolute Gasteiger partial charge is 0.248 e. The van der Waals surface area contributed by atoms with Gasteiger partial charge < -0.3 is 0 Å². The summed E-state index contributed by atoms with van der Waals surface area (Å²) < 4.78 is 0. The highest BCUT2D eigenvalue weighted by atomic mass is 14.7. The Morgan fingerprint density at radius 3 is 1.23 bits per heavy atom. The zero-order chi connectivity index (χ0) is 37.3. The maximum atomic E-state index is 5.20. The first kappa shape index (κ1) is 33.2. The summed E-state index contributed by atoms with van der Waals surface area (Å²) in [5.74, 6) is 0. The third-order valence-electron chi connectivity index (χ3n) is 10.7. The van der Waals surface area contributed by atoms with E-state index >= 15 is 0 Å². The van der Waals surface area contributed by atoms with Gasteiger partial charge in [0.1, 0.15) is 0 Å². The standard InChI is InChI=1S/C54H36N2/c1-5-14-39(15-6-1)49-36-53(43-20-11-4-12-21-43)55-50-31-30-40-28-29-46(33-48(40)54(49)50)38-26-24-37(25-27-38)44-22-13-23-45(32-44)47-34-51(41-16-7-2-8-17-41)56-52(35-47)42-18-9-3-10-19-42/h1-36H. The van der Waals surface area contributed by atoms with Crippen molar-refractivity contribution >= 4 is 21.7 Å². The predicted molar refractivity (Wildman–Crippen MR) is 235 cm³/mol. The van der Waals surface area contributed by atoms with Crippen LogP contribution in [0, 0.1) is 0 Å². The van der Waals surface area contributed by atoms with Gasteiger partial charge in [-0.3, -0.25) is 0 Å². The van der Waals surface area contributed by atoms with Crippen molar-refractivity contribution in [3.8, 4) is 78.3 Å². The molecule has 0 unspecified atom stereocenters. The molecule has 2 nitrogen and oxygen atoms in total. The highest BCUT2D eigenvalue weighted by Crippen LogP contribution is 2.39. The molecule has 0 amide bonds. The van der Waals surface area contributed by atoms with Gasteiger partial charge in [0.15, 0.2) is 0 Å². The van der Waals surface area contributed by atoms with Gasteiger partial charge in [0.25, 0.3) is 0 Å². The number of fused-ring (bicyclic) bond motifs is 3. The van der Waals surface area contributed by atoms with E-state index in [9.17, 15) is 0 Å². The maximum Gasteiger partial charge on any atom is 0.0722 e. The summed E-state index contributed by atoms with van der Waals surface area (Å²) in [4.78, 5) is 10.3. The van der Waals surface area contributed by atoms with Gasteiger partial charge in [-0.1, -0.05) is 182 Å². The molecule has 0 saturated carbocycles. The first-order chi connectivity index (χ1) is 27.7. The fraction of sp³-hybridized carbons (Fsp3) is 0. The number of hydrogen-bond donors (Lipinski definition) is 0. The molecule has 0 N–H and O–H groups in total. The highest BCUT2D eigenvalue weighted by Gasteiger charge is 2.14. The normalized spacial score (nSPS) is 11.2. The molecule has 0 atom stereocenters. The highest BCUT2D eigenvalue weighted by molar-refractivity contribution is 6.14. The fourth-order valence-electron chi connectivity index (χ4n) is 7.78. The Balaban J connectivity index is 1.03. The van der Waals surface area contributed by atoms with Crippen LogP contribution in [0.25, 0.3) is 100.0 Å². The van der Waals surface area contributed by atoms with E-state index in [-0.39, 0.29) is 0 Å². The van der Waals surface area contributed by atoms with Gasteiger partial charge in [0, 0.05) is 22.1 Å². The molecule has 56 heavy (non-hydrogen) atoms. The SMILES string of the molecule is c1ccc(-c2cc(-c3cccc(-c4ccc(-c5ccc6ccc7nc(-c8ccccc8)cc(-c8ccccc8)c7c6c5)cc4)c3)cc(-c3ccccc3)n2)cc1. The monoisotopic (exact) mass is 712 g/mol. The lowest BCUT2D eigenvalue weighted by molar-refractivity contribution is 1.32. The first-order valence-electron chi connectivity index (χ1n) is 19.1. The summed E-state index contributed by atoms with van der Waals surface area (Å²) in [6, 6.07) is 77.6. The topological polar surface area (TPSA) is 25.8 Å². The lowest BCUT2D eigenvalue weighted by Crippen LogP contribution is -1.92. The third-order valence-corrected chi connectivity index (χ3v) is 10.7. The van der Waals surface area contributed by atoms with Crippen molar-refractivity contribution in [1.29, 1.82) is 0 Å². The van der Waals surface area contributed by atoms with E-state index in [1.807, 2.05) is 18.2 Å². The van der Waals surface area contributed by atoms with Crippen molar-refractivity contribution in [2.24, 2.45) is 0 Å². The number of aromatic nitrogens is 2. The van der Waals surface area contributed by atoms with Crippen LogP contribution in [0.1, 0.15) is 0 Å². The van der Waals surface area contributed by atoms with Gasteiger partial charge >= 0.3 is 0 Å². The van der Waals surface area contributed by atoms with Crippen LogP contribution in [0.3, 0.4) is 0 Å². The summed E-state index contributed by atoms with van der Waals surface area (Å²) in [6.45, 7) is 0. The van der Waals surface area contributed by atoms with Crippen LogP contribution in [0.15, 0.2) is 218 Å². The van der Waals surface area contributed by atoms with Crippen LogP contribution in [-0.4, -0.2) is 9.97 Å². The van der Waals surface area contributed by atoms with E-state index in [1.54, 1.807) is 0 Å². The quantitative estimate of drug-likeness (QED) is 0.154. The number of pyridine rings is 2. The van der Waals surface area contributed by atoms with Gasteiger partial charge in [0.05, 0.1) is 22.6 Å². The summed E-state index contributed by atoms with van der Waals surface area (Å²) >= 11 is 0. The van der Waals surface area contributed by atoms with Gasteiger partial charge in [-0.05, 0) is 91.7 Å². The van der Waals surface area contributed by atoms with Crippen LogP contribution in [-0.2, 0) is 0 Å². The maximum absolute atomic E-state index is 5.20. The molecule has 0 radical (unpaired) electrons. The van der Waals surface area contributed by atoms with E-state index < -0.39 is 0 Å². The lowest BCUT2D eigenvalue weighted by Gasteiger charge is -2.14. The third kappa shape index (κ3) is 6.44. The van der Waals surface area contributed by atoms with E-state index in [2.05, 4.69) is 200 Å². The molecular formula is C54H36N2. The zero-order valence-electron chi connectivity index (χ0n) is 30.7. The van der Waals surface area contributed by atoms with Crippen LogP contribution in [0.5, 0.6) is 0 Å². The molecule has 0 aliphatic carbocycles. The summed E-state index contributed by atoms with van der Waals surface area (Å²) in [7, 11) is 0. The van der Waals surface area contributed by atoms with Crippen molar-refractivity contribution in [2.75, 3.05) is 0 Å². The van der Waals surface area contributed by atoms with Crippen molar-refractivity contribution in [3.05, 3.63) is 218 Å². The second-order valence-electron chi connectivity index (χ2n) is 14.2. The Hall–Kier alpha value is -7.42. The summed E-state index contributed by atoms with van der Waals surface area (Å²) in [6.07, 6.45) is 0. The molecule has 2 aromatic heterocycles. The smallest absolute Gasteiger partial charge is 0.0722 e. The van der Waals surface area contributed by atoms with E-state index in [4.69, 9.17) is 9.97 Å². The number of nitrogens with zero attached hydrogens (tertiary/aromatic N) is 2. The zero-order valence-corrected chi connectivity index (χ0v) is 30.7. The van der Waals surface area contributed by atoms with Crippen LogP contribution in [0.2, 0.25) is 0 Å². The van der Waals surface area contributed by atoms with E-state index in [0.717, 1.165) is 50.4 Å². The lowest BCUT2D eigenvalue weighted by atomic mass is 9.92. The minimum absolute atomic E-state index is 0.961. The minimum Gasteiger partial charge on any atom is -0.248 e. The number of hydrogen-bond acceptors (Lipinski definition) is 2. The molecule has 0 aliphatic rings. The Labute approximate surface area is 327 Å². The molecular weight excluding hydrogens is 677 g/mol. The van der Waals surface area contributed by atoms with E-state index in [1.165, 1.54) is 49.5 Å². The molecule has 0 fully saturated rings. The molecule has 2 heterocycles. The summed E-state index contributed by atoms with van der Waals surface area (Å²) in [5.41, 5.74) is 16.6. The molecule has 0 aliphatic heterocycles. The Bertz CT molecular complexity index is 2920. The molecule has 0 bridgehead atoms. The second kappa shape index (κ2) is 14.4. The molecule has 0 saturated heterocycles. The fourth-order valence-corrected chi connectivity index (χ4v) is 7.78. The van der Waals surface area contributed by atoms with Crippen molar-refractivity contribution < 1.29 is 0 Å². The predicted octanol–water partition coefficient (Wildman–Crippen LogP) is 14.5. The molecule has 2 heteroatoms. The minimum atomic E-state index is 0.961. The average molecular weight is 713 g/mol. The Morgan fingerprint density at radius 2 is 0.679 bits per heavy atom. The van der Waals surface area contributed by atoms with Gasteiger partial charge in [-0.15, -0.1) is 0 Å². The van der Waals surface area contributed by atoms with Crippen molar-refractivity contribution in [3.63, 3.8) is 0 Å². The molecule has 10 rings (SSSR count). The molecule has 262 valence electrons. The number of rotatable bonds is 7. The molecule has 0 spiro atoms. The number of benzene rings is 8. The second-order valence-corrected chi connectivity index (χ2v) is 14.2. The van der Waals surface area contributed by atoms with Crippen molar-refractivity contribution in [1.82, 2.24) is 9.97 Å². The Kier molecular flexibility index (Phi) is 8.55. The summed E-state index contributed by atoms with van der Waals surface area (Å²) in [5, 5.41) is 3.57. The Morgan fingerprint density at radius 1 is 0.250 bits per heavy atom. The average Bonchev–Trinajstić information content (AvgIpc) is 3.29. The van der Waals surface area contributed by atoms with Crippen molar-refractivity contribution in [2.45, 2.75) is 0 Å². The van der Waals surface area contributed by atoms with Gasteiger partial charge in [-0.25, -0.2) is 9.97 Å². The van der Waals surface area contributed by atoms with E-state index in [0.29, 0.717) is 0 Å². The van der Waals surface area contributed by atoms with Crippen LogP contribution in [0.4, 0.5) is 0 Å².